The van der Waals surface area contributed by atoms with Crippen molar-refractivity contribution in [1.82, 2.24) is 19.9 Å². The highest BCUT2D eigenvalue weighted by Crippen LogP contribution is 2.35. The highest BCUT2D eigenvalue weighted by Gasteiger charge is 2.25. The third kappa shape index (κ3) is 5.18. The number of hydrogen-bond donors (Lipinski definition) is 1. The lowest BCUT2D eigenvalue weighted by Gasteiger charge is -2.39. The summed E-state index contributed by atoms with van der Waals surface area (Å²) in [5.41, 5.74) is 2.86. The number of carbonyl (C=O) groups is 1. The van der Waals surface area contributed by atoms with Crippen molar-refractivity contribution in [2.75, 3.05) is 68.1 Å². The van der Waals surface area contributed by atoms with Gasteiger partial charge in [0.05, 0.1) is 24.6 Å². The van der Waals surface area contributed by atoms with Gasteiger partial charge in [0.2, 0.25) is 5.95 Å². The first-order valence-electron chi connectivity index (χ1n) is 12.1. The fraction of sp³-hybridized carbons (Fsp3) is 0.440. The molecular weight excluding hydrogens is 481 g/mol. The third-order valence-electron chi connectivity index (χ3n) is 6.69. The molecule has 0 radical (unpaired) electrons. The molecule has 1 unspecified atom stereocenters. The van der Waals surface area contributed by atoms with E-state index in [2.05, 4.69) is 44.0 Å². The summed E-state index contributed by atoms with van der Waals surface area (Å²) in [5.74, 6) is -0.103. The van der Waals surface area contributed by atoms with Crippen molar-refractivity contribution in [2.45, 2.75) is 19.9 Å². The lowest BCUT2D eigenvalue weighted by atomic mass is 10.0. The topological polar surface area (TPSA) is 86.7 Å². The maximum atomic E-state index is 15.5. The standard InChI is InChI=1S/C25H30FN7O2S/c1-16-15-36-24(29-16)23(34)30-21-10-19(18-12-27-25(28-13-18)32-6-8-35-9-7-32)20(26)11-22(21)33-5-4-31(3)17(2)14-33/h10-13,15,17H,4-9,14H2,1-3H3,(H,30,34). The van der Waals surface area contributed by atoms with E-state index >= 15 is 4.39 Å². The number of ether oxygens (including phenoxy) is 1. The summed E-state index contributed by atoms with van der Waals surface area (Å²) in [6, 6.07) is 3.48. The normalized spacial score (nSPS) is 18.9. The van der Waals surface area contributed by atoms with Gasteiger partial charge in [-0.05, 0) is 33.0 Å². The summed E-state index contributed by atoms with van der Waals surface area (Å²) in [4.78, 5) is 32.7. The molecule has 1 N–H and O–H groups in total. The Kier molecular flexibility index (Phi) is 7.13. The van der Waals surface area contributed by atoms with E-state index in [9.17, 15) is 4.79 Å². The zero-order chi connectivity index (χ0) is 25.2. The molecule has 2 aliphatic heterocycles. The summed E-state index contributed by atoms with van der Waals surface area (Å²) in [6.45, 7) is 9.00. The average molecular weight is 512 g/mol. The Balaban J connectivity index is 1.48. The van der Waals surface area contributed by atoms with E-state index in [1.54, 1.807) is 18.5 Å². The molecule has 11 heteroatoms. The predicted molar refractivity (Wildman–Crippen MR) is 140 cm³/mol. The minimum absolute atomic E-state index is 0.299. The van der Waals surface area contributed by atoms with Crippen molar-refractivity contribution in [1.29, 1.82) is 0 Å². The maximum Gasteiger partial charge on any atom is 0.284 e. The predicted octanol–water partition coefficient (Wildman–Crippen LogP) is 3.28. The molecule has 1 atom stereocenters. The van der Waals surface area contributed by atoms with E-state index in [4.69, 9.17) is 4.74 Å². The Morgan fingerprint density at radius 1 is 1.14 bits per heavy atom. The summed E-state index contributed by atoms with van der Waals surface area (Å²) >= 11 is 1.29. The van der Waals surface area contributed by atoms with Crippen LogP contribution in [0.15, 0.2) is 29.9 Å². The van der Waals surface area contributed by atoms with Gasteiger partial charge < -0.3 is 24.8 Å². The number of carbonyl (C=O) groups excluding carboxylic acids is 1. The van der Waals surface area contributed by atoms with Crippen LogP contribution in [-0.2, 0) is 4.74 Å². The molecule has 2 fully saturated rings. The summed E-state index contributed by atoms with van der Waals surface area (Å²) < 4.78 is 20.9. The van der Waals surface area contributed by atoms with E-state index in [0.29, 0.717) is 52.7 Å². The Morgan fingerprint density at radius 2 is 1.89 bits per heavy atom. The number of halogens is 1. The van der Waals surface area contributed by atoms with Gasteiger partial charge in [0.15, 0.2) is 5.01 Å². The van der Waals surface area contributed by atoms with Crippen LogP contribution in [0.5, 0.6) is 0 Å². The molecular formula is C25H30FN7O2S. The summed E-state index contributed by atoms with van der Waals surface area (Å²) in [5, 5.41) is 5.19. The molecule has 0 aliphatic carbocycles. The minimum Gasteiger partial charge on any atom is -0.378 e. The van der Waals surface area contributed by atoms with E-state index in [1.807, 2.05) is 17.2 Å². The molecule has 4 heterocycles. The number of morpholine rings is 1. The van der Waals surface area contributed by atoms with Gasteiger partial charge in [0.1, 0.15) is 5.82 Å². The van der Waals surface area contributed by atoms with Gasteiger partial charge in [0.25, 0.3) is 5.91 Å². The number of aromatic nitrogens is 3. The second-order valence-corrected chi connectivity index (χ2v) is 10.1. The smallest absolute Gasteiger partial charge is 0.284 e. The average Bonchev–Trinajstić information content (AvgIpc) is 3.33. The molecule has 5 rings (SSSR count). The molecule has 1 aromatic carbocycles. The van der Waals surface area contributed by atoms with Crippen molar-refractivity contribution in [3.8, 4) is 11.1 Å². The SMILES string of the molecule is Cc1csc(C(=O)Nc2cc(-c3cnc(N4CCOCC4)nc3)c(F)cc2N2CCN(C)C(C)C2)n1. The van der Waals surface area contributed by atoms with E-state index < -0.39 is 0 Å². The van der Waals surface area contributed by atoms with Crippen LogP contribution in [0.25, 0.3) is 11.1 Å². The van der Waals surface area contributed by atoms with Gasteiger partial charge in [-0.25, -0.2) is 19.3 Å². The third-order valence-corrected chi connectivity index (χ3v) is 7.65. The van der Waals surface area contributed by atoms with Crippen molar-refractivity contribution in [2.24, 2.45) is 0 Å². The fourth-order valence-corrected chi connectivity index (χ4v) is 5.12. The maximum absolute atomic E-state index is 15.5. The second kappa shape index (κ2) is 10.5. The molecule has 36 heavy (non-hydrogen) atoms. The van der Waals surface area contributed by atoms with Crippen molar-refractivity contribution >= 4 is 34.6 Å². The Labute approximate surface area is 213 Å². The van der Waals surface area contributed by atoms with Crippen LogP contribution in [0.2, 0.25) is 0 Å². The van der Waals surface area contributed by atoms with Gasteiger partial charge in [-0.1, -0.05) is 0 Å². The van der Waals surface area contributed by atoms with E-state index in [1.165, 1.54) is 17.4 Å². The number of nitrogens with zero attached hydrogens (tertiary/aromatic N) is 6. The monoisotopic (exact) mass is 511 g/mol. The van der Waals surface area contributed by atoms with Gasteiger partial charge in [-0.15, -0.1) is 11.3 Å². The summed E-state index contributed by atoms with van der Waals surface area (Å²) in [6.07, 6.45) is 3.26. The quantitative estimate of drug-likeness (QED) is 0.559. The van der Waals surface area contributed by atoms with Crippen LogP contribution < -0.4 is 15.1 Å². The molecule has 1 amide bonds. The number of amides is 1. The van der Waals surface area contributed by atoms with Crippen LogP contribution in [0.4, 0.5) is 21.7 Å². The van der Waals surface area contributed by atoms with Gasteiger partial charge in [-0.2, -0.15) is 0 Å². The first-order chi connectivity index (χ1) is 17.4. The number of benzene rings is 1. The number of aryl methyl sites for hydroxylation is 1. The minimum atomic E-state index is -0.387. The van der Waals surface area contributed by atoms with Crippen LogP contribution in [-0.4, -0.2) is 84.8 Å². The van der Waals surface area contributed by atoms with E-state index in [-0.39, 0.29) is 11.7 Å². The number of likely N-dealkylation sites (N-methyl/N-ethyl adjacent to an activating group) is 1. The highest BCUT2D eigenvalue weighted by molar-refractivity contribution is 7.11. The molecule has 9 nitrogen and oxygen atoms in total. The molecule has 0 saturated carbocycles. The van der Waals surface area contributed by atoms with Crippen LogP contribution >= 0.6 is 11.3 Å². The first kappa shape index (κ1) is 24.5. The van der Waals surface area contributed by atoms with Crippen molar-refractivity contribution in [3.63, 3.8) is 0 Å². The zero-order valence-corrected chi connectivity index (χ0v) is 21.5. The number of thiazole rings is 1. The number of piperazine rings is 1. The van der Waals surface area contributed by atoms with Crippen LogP contribution in [0.1, 0.15) is 22.4 Å². The number of anilines is 3. The van der Waals surface area contributed by atoms with Crippen molar-refractivity contribution < 1.29 is 13.9 Å². The fourth-order valence-electron chi connectivity index (χ4n) is 4.43. The lowest BCUT2D eigenvalue weighted by molar-refractivity contribution is 0.102. The highest BCUT2D eigenvalue weighted by atomic mass is 32.1. The Bertz CT molecular complexity index is 1230. The Morgan fingerprint density at radius 3 is 2.56 bits per heavy atom. The molecule has 190 valence electrons. The van der Waals surface area contributed by atoms with Gasteiger partial charge >= 0.3 is 0 Å². The molecule has 3 aromatic rings. The van der Waals surface area contributed by atoms with Crippen molar-refractivity contribution in [3.05, 3.63) is 46.4 Å². The van der Waals surface area contributed by atoms with Crippen LogP contribution in [0.3, 0.4) is 0 Å². The number of nitrogens with one attached hydrogen (secondary N) is 1. The van der Waals surface area contributed by atoms with Gasteiger partial charge in [-0.3, -0.25) is 4.79 Å². The largest absolute Gasteiger partial charge is 0.378 e. The van der Waals surface area contributed by atoms with Crippen LogP contribution in [0, 0.1) is 12.7 Å². The molecule has 2 saturated heterocycles. The zero-order valence-electron chi connectivity index (χ0n) is 20.7. The second-order valence-electron chi connectivity index (χ2n) is 9.24. The summed E-state index contributed by atoms with van der Waals surface area (Å²) in [7, 11) is 2.08. The lowest BCUT2D eigenvalue weighted by Crippen LogP contribution is -2.50. The molecule has 2 aromatic heterocycles. The number of rotatable bonds is 5. The van der Waals surface area contributed by atoms with E-state index in [0.717, 1.165) is 38.4 Å². The van der Waals surface area contributed by atoms with Gasteiger partial charge in [0, 0.05) is 73.4 Å². The molecule has 2 aliphatic rings. The molecule has 0 bridgehead atoms. The number of hydrogen-bond acceptors (Lipinski definition) is 9. The molecule has 0 spiro atoms. The Hall–Kier alpha value is -3.15. The first-order valence-corrected chi connectivity index (χ1v) is 12.9.